The molecule has 4 atom stereocenters. The number of carbonyl (C=O) groups is 10. The third-order valence-electron chi connectivity index (χ3n) is 23.5. The highest BCUT2D eigenvalue weighted by Crippen LogP contribution is 2.40. The lowest BCUT2D eigenvalue weighted by Gasteiger charge is -2.35. The van der Waals surface area contributed by atoms with Crippen molar-refractivity contribution >= 4 is 105 Å². The van der Waals surface area contributed by atoms with Crippen LogP contribution in [0.3, 0.4) is 0 Å². The van der Waals surface area contributed by atoms with Gasteiger partial charge in [0, 0.05) is 109 Å². The van der Waals surface area contributed by atoms with Crippen LogP contribution in [-0.4, -0.2) is 240 Å². The number of nitrogens with two attached hydrogens (primary N) is 1. The SMILES string of the molecule is NCCCCNc1cccc2c1C(=O)N(C1CCC(=O)NC1=O)C2=O.O=C(CN1CCN(c2cccc(-c3cnc4ccc(N5CCC[C@@H]5c5cccc(F)c5)nn34)n2)CC1)NCCCCNc1cccc2c1C(=O)N(C1CCC(=O)NC1=O)C2=O.O=C(O)CN1CCN(c2cccc(-c3cnc4ccc(N5CCC[C@@H]5c5cccc(F)c5)nn34)n2)CC1. The van der Waals surface area contributed by atoms with Gasteiger partial charge in [0.15, 0.2) is 11.3 Å². The zero-order valence-electron chi connectivity index (χ0n) is 67.6. The zero-order valence-corrected chi connectivity index (χ0v) is 67.6. The number of nitrogens with zero attached hydrogens (tertiary/aromatic N) is 16. The van der Waals surface area contributed by atoms with Crippen molar-refractivity contribution in [3.8, 4) is 22.8 Å². The Morgan fingerprint density at radius 2 is 0.902 bits per heavy atom. The number of aliphatic carboxylic acids is 1. The molecule has 6 aromatic heterocycles. The van der Waals surface area contributed by atoms with Crippen molar-refractivity contribution in [2.45, 2.75) is 101 Å². The van der Waals surface area contributed by atoms with Crippen LogP contribution >= 0.6 is 0 Å². The maximum atomic E-state index is 14.1. The lowest BCUT2D eigenvalue weighted by Crippen LogP contribution is -2.54. The van der Waals surface area contributed by atoms with Crippen LogP contribution < -0.4 is 51.9 Å². The average molecular weight is 1670 g/mol. The van der Waals surface area contributed by atoms with Crippen molar-refractivity contribution < 1.29 is 61.8 Å². The van der Waals surface area contributed by atoms with Crippen molar-refractivity contribution in [3.63, 3.8) is 0 Å². The van der Waals surface area contributed by atoms with Gasteiger partial charge in [0.25, 0.3) is 23.6 Å². The number of unbranched alkanes of at least 4 members (excludes halogenated alkanes) is 2. The molecule has 2 unspecified atom stereocenters. The normalized spacial score (nSPS) is 19.3. The highest BCUT2D eigenvalue weighted by molar-refractivity contribution is 6.26. The van der Waals surface area contributed by atoms with Gasteiger partial charge in [0.2, 0.25) is 29.5 Å². The Bertz CT molecular complexity index is 5710. The smallest absolute Gasteiger partial charge is 0.317 e. The molecule has 6 saturated heterocycles. The number of nitrogens with one attached hydrogen (secondary N) is 5. The van der Waals surface area contributed by atoms with Gasteiger partial charge in [0.05, 0.1) is 71.2 Å². The second-order valence-corrected chi connectivity index (χ2v) is 31.5. The first kappa shape index (κ1) is 83.1. The van der Waals surface area contributed by atoms with Crippen molar-refractivity contribution in [2.75, 3.05) is 135 Å². The quantitative estimate of drug-likeness (QED) is 0.0215. The van der Waals surface area contributed by atoms with E-state index in [1.54, 1.807) is 73.1 Å². The van der Waals surface area contributed by atoms with Crippen LogP contribution in [-0.2, 0) is 28.8 Å². The van der Waals surface area contributed by atoms with Crippen molar-refractivity contribution in [2.24, 2.45) is 5.73 Å². The largest absolute Gasteiger partial charge is 0.480 e. The van der Waals surface area contributed by atoms with E-state index in [-0.39, 0.29) is 90.0 Å². The van der Waals surface area contributed by atoms with E-state index in [2.05, 4.69) is 61.1 Å². The first-order valence-electron chi connectivity index (χ1n) is 41.8. The Kier molecular flexibility index (Phi) is 25.1. The molecule has 33 nitrogen and oxygen atoms in total. The molecule has 14 heterocycles. The molecule has 4 aromatic carbocycles. The first-order valence-corrected chi connectivity index (χ1v) is 41.8. The monoisotopic (exact) mass is 1670 g/mol. The first-order chi connectivity index (χ1) is 59.8. The highest BCUT2D eigenvalue weighted by atomic mass is 19.1. The van der Waals surface area contributed by atoms with E-state index in [0.717, 1.165) is 137 Å². The topological polar surface area (TPSA) is 389 Å². The summed E-state index contributed by atoms with van der Waals surface area (Å²) in [7, 11) is 0. The summed E-state index contributed by atoms with van der Waals surface area (Å²) in [4.78, 5) is 157. The molecule has 0 bridgehead atoms. The van der Waals surface area contributed by atoms with Gasteiger partial charge in [-0.25, -0.2) is 37.7 Å². The van der Waals surface area contributed by atoms with Crippen LogP contribution in [0.5, 0.6) is 0 Å². The number of hydrogen-bond donors (Lipinski definition) is 7. The Morgan fingerprint density at radius 1 is 0.463 bits per heavy atom. The minimum atomic E-state index is -1.02. The van der Waals surface area contributed by atoms with E-state index in [9.17, 15) is 56.7 Å². The van der Waals surface area contributed by atoms with E-state index >= 15 is 0 Å². The number of hydrogen-bond acceptors (Lipinski definition) is 25. The molecule has 8 aliphatic rings. The van der Waals surface area contributed by atoms with Gasteiger partial charge in [-0.15, -0.1) is 10.2 Å². The number of benzene rings is 4. The molecule has 9 amide bonds. The molecule has 0 saturated carbocycles. The predicted molar refractivity (Wildman–Crippen MR) is 453 cm³/mol. The molecule has 636 valence electrons. The lowest BCUT2D eigenvalue weighted by atomic mass is 10.0. The zero-order chi connectivity index (χ0) is 85.4. The second kappa shape index (κ2) is 37.2. The number of piperazine rings is 2. The summed E-state index contributed by atoms with van der Waals surface area (Å²) in [5, 5.41) is 32.8. The summed E-state index contributed by atoms with van der Waals surface area (Å²) >= 11 is 0. The molecule has 8 N–H and O–H groups in total. The number of carboxylic acid groups (broad SMARTS) is 1. The van der Waals surface area contributed by atoms with Crippen LogP contribution in [0.1, 0.15) is 142 Å². The maximum absolute atomic E-state index is 14.1. The number of imidazole rings is 2. The molecular formula is C88H94F2N22O11. The van der Waals surface area contributed by atoms with Gasteiger partial charge in [-0.05, 0) is 179 Å². The Morgan fingerprint density at radius 3 is 1.35 bits per heavy atom. The number of carbonyl (C=O) groups excluding carboxylic acids is 9. The molecular weight excluding hydrogens is 1580 g/mol. The molecule has 0 radical (unpaired) electrons. The van der Waals surface area contributed by atoms with Gasteiger partial charge in [0.1, 0.15) is 58.4 Å². The maximum Gasteiger partial charge on any atom is 0.317 e. The van der Waals surface area contributed by atoms with E-state index in [4.69, 9.17) is 31.0 Å². The summed E-state index contributed by atoms with van der Waals surface area (Å²) in [6, 6.07) is 41.5. The Labute approximate surface area is 706 Å². The molecule has 10 aromatic rings. The molecule has 8 aliphatic heterocycles. The third-order valence-corrected chi connectivity index (χ3v) is 23.5. The standard InChI is InChI=1S/C44H46FN11O5.C27H28FN7O2.C17H20N4O4/c45-29-8-3-7-28(25-29)33-12-6-20-54(33)38-16-15-36-48-26-35(56(36)51-38)31-10-5-13-37(49-31)53-23-21-52(22-24-53)27-40(58)47-19-2-1-18-46-32-11-4-9-30-41(32)44(61)55(43(30)60)34-14-17-39(57)50-42(34)59;28-20-5-1-4-19(16-20)22-7-3-11-34(22)26-10-9-24-29-17-23(35(24)31-26)21-6-2-8-25(30-21)33-14-12-32(13-15-33)18-27(36)37;18-8-1-2-9-19-11-5-3-4-10-14(11)17(25)21(16(10)24)12-6-7-13(22)20-15(12)23/h3-5,7-11,13,15-16,25-26,33-34,46H,1-2,6,12,14,17-24,27H2,(H,47,58)(H,50,57,59);1-2,4-6,8-10,16-17,22H,3,7,11-15,18H2,(H,36,37);3-5,12,19H,1-2,6-9,18H2,(H,20,22,23)/t33-,34?;22-;/m11./s1. The van der Waals surface area contributed by atoms with Crippen molar-refractivity contribution in [1.82, 2.24) is 74.7 Å². The summed E-state index contributed by atoms with van der Waals surface area (Å²) in [5.41, 5.74) is 14.0. The number of fused-ring (bicyclic) bond motifs is 4. The number of rotatable bonds is 25. The van der Waals surface area contributed by atoms with Crippen LogP contribution in [0.15, 0.2) is 158 Å². The van der Waals surface area contributed by atoms with Crippen molar-refractivity contribution in [3.05, 3.63) is 203 Å². The lowest BCUT2D eigenvalue weighted by molar-refractivity contribution is -0.139. The van der Waals surface area contributed by atoms with E-state index in [0.29, 0.717) is 102 Å². The predicted octanol–water partition coefficient (Wildman–Crippen LogP) is 7.52. The van der Waals surface area contributed by atoms with E-state index in [1.807, 2.05) is 86.7 Å². The van der Waals surface area contributed by atoms with E-state index in [1.165, 1.54) is 12.1 Å². The van der Waals surface area contributed by atoms with Gasteiger partial charge in [-0.1, -0.05) is 48.5 Å². The van der Waals surface area contributed by atoms with Gasteiger partial charge in [-0.3, -0.25) is 78.2 Å². The van der Waals surface area contributed by atoms with Gasteiger partial charge in [-0.2, -0.15) is 0 Å². The molecule has 6 fully saturated rings. The molecule has 18 rings (SSSR count). The summed E-state index contributed by atoms with van der Waals surface area (Å²) in [5.74, 6) is -2.15. The van der Waals surface area contributed by atoms with Crippen molar-refractivity contribution in [1.29, 1.82) is 0 Å². The third kappa shape index (κ3) is 18.3. The number of amides is 9. The van der Waals surface area contributed by atoms with Crippen LogP contribution in [0.25, 0.3) is 34.1 Å². The minimum Gasteiger partial charge on any atom is -0.480 e. The number of carboxylic acids is 1. The number of anilines is 6. The molecule has 123 heavy (non-hydrogen) atoms. The number of pyridine rings is 2. The van der Waals surface area contributed by atoms with Gasteiger partial charge < -0.3 is 46.4 Å². The Hall–Kier alpha value is -13.5. The molecule has 0 aliphatic carbocycles. The fraction of sp³-hybridized carbons (Fsp3) is 0.364. The number of piperidine rings is 2. The summed E-state index contributed by atoms with van der Waals surface area (Å²) in [6.45, 7) is 9.90. The van der Waals surface area contributed by atoms with Crippen LogP contribution in [0.4, 0.5) is 43.4 Å². The second-order valence-electron chi connectivity index (χ2n) is 31.5. The van der Waals surface area contributed by atoms with Crippen LogP contribution in [0, 0.1) is 11.6 Å². The highest BCUT2D eigenvalue weighted by Gasteiger charge is 2.48. The number of imide groups is 4. The average Bonchev–Trinajstić information content (AvgIpc) is 1.60. The summed E-state index contributed by atoms with van der Waals surface area (Å²) < 4.78 is 31.7. The van der Waals surface area contributed by atoms with E-state index < -0.39 is 59.4 Å². The van der Waals surface area contributed by atoms with Crippen LogP contribution in [0.2, 0.25) is 0 Å². The number of aromatic nitrogens is 8. The van der Waals surface area contributed by atoms with Gasteiger partial charge >= 0.3 is 5.97 Å². The summed E-state index contributed by atoms with van der Waals surface area (Å²) in [6.07, 6.45) is 11.0. The molecule has 0 spiro atoms. The molecule has 35 heteroatoms. The fourth-order valence-corrected chi connectivity index (χ4v) is 17.3. The number of halogens is 2. The minimum absolute atomic E-state index is 0.0454. The fourth-order valence-electron chi connectivity index (χ4n) is 17.3. The Balaban J connectivity index is 0.000000152.